The van der Waals surface area contributed by atoms with Crippen LogP contribution in [0.5, 0.6) is 0 Å². The summed E-state index contributed by atoms with van der Waals surface area (Å²) in [7, 11) is 0. The second-order valence-electron chi connectivity index (χ2n) is 6.29. The van der Waals surface area contributed by atoms with Gasteiger partial charge < -0.3 is 21.1 Å². The van der Waals surface area contributed by atoms with Crippen LogP contribution in [0.3, 0.4) is 0 Å². The Hall–Kier alpha value is -0.950. The van der Waals surface area contributed by atoms with E-state index in [1.807, 2.05) is 11.8 Å². The Labute approximate surface area is 142 Å². The van der Waals surface area contributed by atoms with Crippen molar-refractivity contribution in [3.05, 3.63) is 0 Å². The average Bonchev–Trinajstić information content (AvgIpc) is 3.07. The van der Waals surface area contributed by atoms with Crippen LogP contribution in [0.1, 0.15) is 51.4 Å². The molecule has 23 heavy (non-hydrogen) atoms. The molecule has 3 atom stereocenters. The molecule has 0 bridgehead atoms. The van der Waals surface area contributed by atoms with E-state index in [4.69, 9.17) is 10.5 Å². The van der Waals surface area contributed by atoms with Crippen molar-refractivity contribution in [1.29, 1.82) is 0 Å². The molecule has 2 aliphatic heterocycles. The minimum atomic E-state index is -0.0865. The quantitative estimate of drug-likeness (QED) is 0.302. The van der Waals surface area contributed by atoms with Gasteiger partial charge in [0.05, 0.1) is 18.7 Å². The summed E-state index contributed by atoms with van der Waals surface area (Å²) in [6.45, 7) is 1.27. The van der Waals surface area contributed by atoms with Gasteiger partial charge in [0, 0.05) is 17.4 Å². The zero-order valence-corrected chi connectivity index (χ0v) is 14.5. The molecule has 2 amide bonds. The molecule has 0 saturated carbocycles. The maximum Gasteiger partial charge on any atom is 0.315 e. The number of carbonyl (C=O) groups is 2. The summed E-state index contributed by atoms with van der Waals surface area (Å²) in [6, 6.07) is 0.495. The molecule has 0 radical (unpaired) electrons. The topological polar surface area (TPSA) is 93.4 Å². The number of hydrogen-bond donors (Lipinski definition) is 3. The number of fused-ring (bicyclic) bond motifs is 1. The van der Waals surface area contributed by atoms with Crippen molar-refractivity contribution in [3.63, 3.8) is 0 Å². The Morgan fingerprint density at radius 2 is 2.00 bits per heavy atom. The van der Waals surface area contributed by atoms with Crippen LogP contribution in [0.25, 0.3) is 0 Å². The molecule has 2 heterocycles. The second-order valence-corrected chi connectivity index (χ2v) is 7.56. The molecule has 0 aromatic heterocycles. The summed E-state index contributed by atoms with van der Waals surface area (Å²) < 4.78 is 5.24. The third-order valence-corrected chi connectivity index (χ3v) is 5.93. The molecule has 2 aliphatic rings. The second kappa shape index (κ2) is 10.0. The van der Waals surface area contributed by atoms with E-state index in [0.717, 1.165) is 57.2 Å². The molecule has 0 aliphatic carbocycles. The molecule has 0 unspecified atom stereocenters. The van der Waals surface area contributed by atoms with E-state index >= 15 is 0 Å². The number of rotatable bonds is 11. The molecule has 7 heteroatoms. The lowest BCUT2D eigenvalue weighted by Gasteiger charge is -2.16. The standard InChI is InChI=1S/C16H29N3O3S/c17-9-5-1-2-6-10-22-14(20)8-4-3-7-13-15-12(11-23-13)18-16(21)19-15/h12-13,15H,1-11,17H2,(H2,18,19,21)/t12-,13-,15-/m0/s1. The van der Waals surface area contributed by atoms with Crippen molar-refractivity contribution >= 4 is 23.8 Å². The van der Waals surface area contributed by atoms with Gasteiger partial charge in [-0.3, -0.25) is 4.79 Å². The highest BCUT2D eigenvalue weighted by Crippen LogP contribution is 2.33. The maximum atomic E-state index is 11.6. The summed E-state index contributed by atoms with van der Waals surface area (Å²) in [5, 5.41) is 6.41. The van der Waals surface area contributed by atoms with Crippen molar-refractivity contribution in [2.45, 2.75) is 68.7 Å². The SMILES string of the molecule is NCCCCCCOC(=O)CCCC[C@@H]1SC[C@@H]2NC(=O)N[C@@H]21. The van der Waals surface area contributed by atoms with Gasteiger partial charge in [-0.15, -0.1) is 0 Å². The lowest BCUT2D eigenvalue weighted by atomic mass is 10.0. The molecular weight excluding hydrogens is 314 g/mol. The summed E-state index contributed by atoms with van der Waals surface area (Å²) in [4.78, 5) is 22.9. The van der Waals surface area contributed by atoms with Crippen molar-refractivity contribution in [2.24, 2.45) is 5.73 Å². The lowest BCUT2D eigenvalue weighted by Crippen LogP contribution is -2.36. The first-order valence-corrected chi connectivity index (χ1v) is 9.80. The van der Waals surface area contributed by atoms with Gasteiger partial charge in [-0.05, 0) is 32.2 Å². The first-order chi connectivity index (χ1) is 11.2. The van der Waals surface area contributed by atoms with Crippen LogP contribution in [-0.4, -0.2) is 48.2 Å². The summed E-state index contributed by atoms with van der Waals surface area (Å²) in [5.74, 6) is 0.900. The number of unbranched alkanes of at least 4 members (excludes halogenated alkanes) is 4. The average molecular weight is 343 g/mol. The number of thioether (sulfide) groups is 1. The lowest BCUT2D eigenvalue weighted by molar-refractivity contribution is -0.143. The molecule has 0 aromatic rings. The first-order valence-electron chi connectivity index (χ1n) is 8.75. The van der Waals surface area contributed by atoms with Crippen LogP contribution in [0, 0.1) is 0 Å². The number of nitrogens with one attached hydrogen (secondary N) is 2. The predicted molar refractivity (Wildman–Crippen MR) is 92.4 cm³/mol. The third-order valence-electron chi connectivity index (χ3n) is 4.42. The Kier molecular flexibility index (Phi) is 8.02. The highest BCUT2D eigenvalue weighted by molar-refractivity contribution is 8.00. The molecule has 0 spiro atoms. The normalized spacial score (nSPS) is 25.8. The number of ether oxygens (including phenoxy) is 1. The zero-order valence-electron chi connectivity index (χ0n) is 13.7. The minimum Gasteiger partial charge on any atom is -0.466 e. The zero-order chi connectivity index (χ0) is 16.5. The highest BCUT2D eigenvalue weighted by Gasteiger charge is 2.42. The van der Waals surface area contributed by atoms with Gasteiger partial charge in [-0.2, -0.15) is 11.8 Å². The number of hydrogen-bond acceptors (Lipinski definition) is 5. The van der Waals surface area contributed by atoms with E-state index in [1.165, 1.54) is 0 Å². The van der Waals surface area contributed by atoms with Gasteiger partial charge in [0.25, 0.3) is 0 Å². The Morgan fingerprint density at radius 3 is 2.83 bits per heavy atom. The molecule has 2 saturated heterocycles. The predicted octanol–water partition coefficient (Wildman–Crippen LogP) is 1.77. The Bertz CT molecular complexity index is 395. The summed E-state index contributed by atoms with van der Waals surface area (Å²) in [6.07, 6.45) is 7.57. The van der Waals surface area contributed by atoms with E-state index in [0.29, 0.717) is 18.3 Å². The van der Waals surface area contributed by atoms with E-state index in [1.54, 1.807) is 0 Å². The minimum absolute atomic E-state index is 0.0414. The van der Waals surface area contributed by atoms with Crippen LogP contribution in [-0.2, 0) is 9.53 Å². The number of esters is 1. The van der Waals surface area contributed by atoms with Crippen molar-refractivity contribution in [2.75, 3.05) is 18.9 Å². The largest absolute Gasteiger partial charge is 0.466 e. The van der Waals surface area contributed by atoms with Gasteiger partial charge in [-0.1, -0.05) is 19.3 Å². The summed E-state index contributed by atoms with van der Waals surface area (Å²) in [5.41, 5.74) is 5.43. The van der Waals surface area contributed by atoms with E-state index in [-0.39, 0.29) is 24.1 Å². The van der Waals surface area contributed by atoms with E-state index in [2.05, 4.69) is 10.6 Å². The first kappa shape index (κ1) is 18.4. The highest BCUT2D eigenvalue weighted by atomic mass is 32.2. The number of carbonyl (C=O) groups excluding carboxylic acids is 2. The van der Waals surface area contributed by atoms with Crippen LogP contribution in [0.4, 0.5) is 4.79 Å². The van der Waals surface area contributed by atoms with Crippen molar-refractivity contribution in [3.8, 4) is 0 Å². The number of nitrogens with two attached hydrogens (primary N) is 1. The number of amides is 2. The fourth-order valence-corrected chi connectivity index (χ4v) is 4.66. The molecule has 6 nitrogen and oxygen atoms in total. The summed E-state index contributed by atoms with van der Waals surface area (Å²) >= 11 is 1.92. The van der Waals surface area contributed by atoms with Crippen molar-refractivity contribution < 1.29 is 14.3 Å². The molecule has 2 fully saturated rings. The smallest absolute Gasteiger partial charge is 0.315 e. The molecule has 132 valence electrons. The fourth-order valence-electron chi connectivity index (χ4n) is 3.12. The molecule has 4 N–H and O–H groups in total. The van der Waals surface area contributed by atoms with E-state index < -0.39 is 0 Å². The van der Waals surface area contributed by atoms with Crippen LogP contribution in [0.15, 0.2) is 0 Å². The maximum absolute atomic E-state index is 11.6. The van der Waals surface area contributed by atoms with Crippen molar-refractivity contribution in [1.82, 2.24) is 10.6 Å². The van der Waals surface area contributed by atoms with Crippen LogP contribution in [0.2, 0.25) is 0 Å². The monoisotopic (exact) mass is 343 g/mol. The fraction of sp³-hybridized carbons (Fsp3) is 0.875. The van der Waals surface area contributed by atoms with Gasteiger partial charge in [0.15, 0.2) is 0 Å². The van der Waals surface area contributed by atoms with Gasteiger partial charge in [0.1, 0.15) is 0 Å². The van der Waals surface area contributed by atoms with Gasteiger partial charge in [-0.25, -0.2) is 4.79 Å². The third kappa shape index (κ3) is 6.22. The molecular formula is C16H29N3O3S. The molecule has 0 aromatic carbocycles. The Balaban J connectivity index is 1.46. The van der Waals surface area contributed by atoms with Gasteiger partial charge in [0.2, 0.25) is 0 Å². The Morgan fingerprint density at radius 1 is 1.17 bits per heavy atom. The van der Waals surface area contributed by atoms with Crippen LogP contribution >= 0.6 is 11.8 Å². The van der Waals surface area contributed by atoms with Crippen LogP contribution < -0.4 is 16.4 Å². The molecule has 2 rings (SSSR count). The van der Waals surface area contributed by atoms with E-state index in [9.17, 15) is 9.59 Å². The number of urea groups is 1. The van der Waals surface area contributed by atoms with Gasteiger partial charge >= 0.3 is 12.0 Å².